The predicted octanol–water partition coefficient (Wildman–Crippen LogP) is 4.23. The number of alkyl halides is 3. The zero-order valence-electron chi connectivity index (χ0n) is 10.3. The first kappa shape index (κ1) is 14.2. The smallest absolute Gasteiger partial charge is 0.416 e. The van der Waals surface area contributed by atoms with Gasteiger partial charge in [0.05, 0.1) is 12.7 Å². The van der Waals surface area contributed by atoms with Crippen molar-refractivity contribution < 1.29 is 27.4 Å². The largest absolute Gasteiger partial charge is 0.508 e. The Labute approximate surface area is 112 Å². The van der Waals surface area contributed by atoms with Crippen molar-refractivity contribution in [2.75, 3.05) is 7.11 Å². The third-order valence-corrected chi connectivity index (χ3v) is 2.77. The van der Waals surface area contributed by atoms with Crippen LogP contribution in [0, 0.1) is 5.82 Å². The van der Waals surface area contributed by atoms with Crippen molar-refractivity contribution in [3.05, 3.63) is 47.8 Å². The van der Waals surface area contributed by atoms with E-state index in [1.165, 1.54) is 19.2 Å². The Bertz CT molecular complexity index is 636. The van der Waals surface area contributed by atoms with Gasteiger partial charge in [0.1, 0.15) is 17.3 Å². The molecule has 6 heteroatoms. The van der Waals surface area contributed by atoms with Gasteiger partial charge in [-0.2, -0.15) is 13.2 Å². The standard InChI is InChI=1S/C14H10F4O2/c1-20-13-5-2-8(14(16,17)18)6-11(13)10-4-3-9(19)7-12(10)15/h2-7,19H,1H3. The Kier molecular flexibility index (Phi) is 3.57. The average molecular weight is 286 g/mol. The van der Waals surface area contributed by atoms with Gasteiger partial charge in [-0.15, -0.1) is 0 Å². The number of halogens is 4. The molecule has 0 amide bonds. The molecule has 0 heterocycles. The van der Waals surface area contributed by atoms with E-state index in [-0.39, 0.29) is 22.6 Å². The molecule has 0 unspecified atom stereocenters. The number of hydrogen-bond donors (Lipinski definition) is 1. The van der Waals surface area contributed by atoms with Crippen LogP contribution in [-0.2, 0) is 6.18 Å². The summed E-state index contributed by atoms with van der Waals surface area (Å²) in [5.41, 5.74) is -1.01. The Morgan fingerprint density at radius 2 is 1.70 bits per heavy atom. The van der Waals surface area contributed by atoms with Gasteiger partial charge in [0.15, 0.2) is 0 Å². The van der Waals surface area contributed by atoms with Crippen LogP contribution in [0.15, 0.2) is 36.4 Å². The Hall–Kier alpha value is -2.24. The highest BCUT2D eigenvalue weighted by molar-refractivity contribution is 5.72. The summed E-state index contributed by atoms with van der Waals surface area (Å²) in [5, 5.41) is 9.14. The van der Waals surface area contributed by atoms with Gasteiger partial charge in [-0.3, -0.25) is 0 Å². The lowest BCUT2D eigenvalue weighted by atomic mass is 10.0. The highest BCUT2D eigenvalue weighted by Gasteiger charge is 2.31. The predicted molar refractivity (Wildman–Crippen MR) is 65.1 cm³/mol. The van der Waals surface area contributed by atoms with E-state index >= 15 is 0 Å². The number of phenols is 1. The number of benzene rings is 2. The van der Waals surface area contributed by atoms with Crippen molar-refractivity contribution >= 4 is 0 Å². The summed E-state index contributed by atoms with van der Waals surface area (Å²) in [6.07, 6.45) is -4.53. The number of aromatic hydroxyl groups is 1. The van der Waals surface area contributed by atoms with Gasteiger partial charge in [-0.25, -0.2) is 4.39 Å². The van der Waals surface area contributed by atoms with E-state index < -0.39 is 17.6 Å². The fourth-order valence-corrected chi connectivity index (χ4v) is 1.82. The van der Waals surface area contributed by atoms with Crippen molar-refractivity contribution in [1.29, 1.82) is 0 Å². The molecule has 0 aliphatic heterocycles. The minimum atomic E-state index is -4.53. The maximum atomic E-state index is 13.8. The van der Waals surface area contributed by atoms with Crippen molar-refractivity contribution in [2.45, 2.75) is 6.18 Å². The first-order valence-corrected chi connectivity index (χ1v) is 5.57. The minimum absolute atomic E-state index is 0.0279. The Balaban J connectivity index is 2.64. The highest BCUT2D eigenvalue weighted by atomic mass is 19.4. The van der Waals surface area contributed by atoms with E-state index in [0.29, 0.717) is 0 Å². The second-order valence-electron chi connectivity index (χ2n) is 4.08. The van der Waals surface area contributed by atoms with Gasteiger partial charge in [0, 0.05) is 17.2 Å². The van der Waals surface area contributed by atoms with Crippen LogP contribution in [0.5, 0.6) is 11.5 Å². The quantitative estimate of drug-likeness (QED) is 0.837. The zero-order chi connectivity index (χ0) is 14.9. The lowest BCUT2D eigenvalue weighted by Crippen LogP contribution is -2.05. The second kappa shape index (κ2) is 5.03. The molecule has 0 aliphatic rings. The average Bonchev–Trinajstić information content (AvgIpc) is 2.37. The number of hydrogen-bond acceptors (Lipinski definition) is 2. The normalized spacial score (nSPS) is 11.4. The monoisotopic (exact) mass is 286 g/mol. The van der Waals surface area contributed by atoms with Crippen LogP contribution >= 0.6 is 0 Å². The number of rotatable bonds is 2. The first-order chi connectivity index (χ1) is 9.32. The zero-order valence-corrected chi connectivity index (χ0v) is 10.3. The SMILES string of the molecule is COc1ccc(C(F)(F)F)cc1-c1ccc(O)cc1F. The van der Waals surface area contributed by atoms with Gasteiger partial charge in [0.25, 0.3) is 0 Å². The molecular formula is C14H10F4O2. The molecule has 0 radical (unpaired) electrons. The van der Waals surface area contributed by atoms with Gasteiger partial charge >= 0.3 is 6.18 Å². The van der Waals surface area contributed by atoms with Gasteiger partial charge in [-0.1, -0.05) is 0 Å². The molecule has 0 spiro atoms. The van der Waals surface area contributed by atoms with E-state index in [1.54, 1.807) is 0 Å². The van der Waals surface area contributed by atoms with Crippen LogP contribution in [0.3, 0.4) is 0 Å². The fraction of sp³-hybridized carbons (Fsp3) is 0.143. The summed E-state index contributed by atoms with van der Waals surface area (Å²) in [4.78, 5) is 0. The van der Waals surface area contributed by atoms with Crippen LogP contribution in [0.2, 0.25) is 0 Å². The van der Waals surface area contributed by atoms with Crippen LogP contribution in [-0.4, -0.2) is 12.2 Å². The van der Waals surface area contributed by atoms with Crippen LogP contribution in [0.25, 0.3) is 11.1 Å². The van der Waals surface area contributed by atoms with Crippen molar-refractivity contribution in [1.82, 2.24) is 0 Å². The summed E-state index contributed by atoms with van der Waals surface area (Å²) < 4.78 is 56.9. The Morgan fingerprint density at radius 3 is 2.25 bits per heavy atom. The van der Waals surface area contributed by atoms with E-state index in [1.807, 2.05) is 0 Å². The first-order valence-electron chi connectivity index (χ1n) is 5.57. The molecule has 2 rings (SSSR count). The summed E-state index contributed by atoms with van der Waals surface area (Å²) in [5.74, 6) is -1.03. The maximum absolute atomic E-state index is 13.8. The molecule has 0 bridgehead atoms. The van der Waals surface area contributed by atoms with Crippen molar-refractivity contribution in [2.24, 2.45) is 0 Å². The molecule has 2 nitrogen and oxygen atoms in total. The third kappa shape index (κ3) is 2.68. The molecule has 20 heavy (non-hydrogen) atoms. The maximum Gasteiger partial charge on any atom is 0.416 e. The molecule has 2 aromatic carbocycles. The molecule has 0 atom stereocenters. The molecular weight excluding hydrogens is 276 g/mol. The molecule has 1 N–H and O–H groups in total. The third-order valence-electron chi connectivity index (χ3n) is 2.77. The topological polar surface area (TPSA) is 29.5 Å². The van der Waals surface area contributed by atoms with E-state index in [0.717, 1.165) is 24.3 Å². The number of phenolic OH excluding ortho intramolecular Hbond substituents is 1. The van der Waals surface area contributed by atoms with Crippen LogP contribution in [0.1, 0.15) is 5.56 Å². The summed E-state index contributed by atoms with van der Waals surface area (Å²) in [6.45, 7) is 0. The van der Waals surface area contributed by atoms with Crippen molar-refractivity contribution in [3.8, 4) is 22.6 Å². The molecule has 0 fully saturated rings. The van der Waals surface area contributed by atoms with Crippen molar-refractivity contribution in [3.63, 3.8) is 0 Å². The van der Waals surface area contributed by atoms with Gasteiger partial charge < -0.3 is 9.84 Å². The lowest BCUT2D eigenvalue weighted by Gasteiger charge is -2.13. The summed E-state index contributed by atoms with van der Waals surface area (Å²) >= 11 is 0. The lowest BCUT2D eigenvalue weighted by molar-refractivity contribution is -0.137. The fourth-order valence-electron chi connectivity index (χ4n) is 1.82. The number of ether oxygens (including phenoxy) is 1. The van der Waals surface area contributed by atoms with Crippen LogP contribution in [0.4, 0.5) is 17.6 Å². The minimum Gasteiger partial charge on any atom is -0.508 e. The molecule has 2 aromatic rings. The van der Waals surface area contributed by atoms with Gasteiger partial charge in [-0.05, 0) is 30.3 Å². The molecule has 0 saturated heterocycles. The van der Waals surface area contributed by atoms with E-state index in [2.05, 4.69) is 0 Å². The molecule has 0 aliphatic carbocycles. The second-order valence-corrected chi connectivity index (χ2v) is 4.08. The summed E-state index contributed by atoms with van der Waals surface area (Å²) in [6, 6.07) is 6.02. The van der Waals surface area contributed by atoms with E-state index in [9.17, 15) is 17.6 Å². The van der Waals surface area contributed by atoms with E-state index in [4.69, 9.17) is 9.84 Å². The Morgan fingerprint density at radius 1 is 1.00 bits per heavy atom. The molecule has 0 saturated carbocycles. The summed E-state index contributed by atoms with van der Waals surface area (Å²) in [7, 11) is 1.28. The number of methoxy groups -OCH3 is 1. The molecule has 0 aromatic heterocycles. The van der Waals surface area contributed by atoms with Gasteiger partial charge in [0.2, 0.25) is 0 Å². The molecule has 106 valence electrons. The van der Waals surface area contributed by atoms with Crippen LogP contribution < -0.4 is 4.74 Å². The highest BCUT2D eigenvalue weighted by Crippen LogP contribution is 2.38.